The van der Waals surface area contributed by atoms with Crippen molar-refractivity contribution in [2.45, 2.75) is 23.6 Å². The lowest BCUT2D eigenvalue weighted by Crippen LogP contribution is -2.26. The Morgan fingerprint density at radius 2 is 1.00 bits per heavy atom. The van der Waals surface area contributed by atoms with Crippen LogP contribution < -0.4 is 4.31 Å². The lowest BCUT2D eigenvalue weighted by atomic mass is 10.1. The molecule has 0 saturated carbocycles. The van der Waals surface area contributed by atoms with Crippen LogP contribution in [0.1, 0.15) is 11.1 Å². The molecule has 6 nitrogen and oxygen atoms in total. The largest absolute Gasteiger partial charge is 0.294 e. The Labute approximate surface area is 199 Å². The molecule has 8 heteroatoms. The quantitative estimate of drug-likeness (QED) is 0.346. The Morgan fingerprint density at radius 3 is 1.38 bits per heavy atom. The number of anilines is 2. The van der Waals surface area contributed by atoms with Crippen molar-refractivity contribution < 1.29 is 21.4 Å². The molecule has 0 aromatic heterocycles. The maximum absolute atomic E-state index is 13.8. The number of nitrogens with zero attached hydrogens (tertiary/aromatic N) is 1. The Morgan fingerprint density at radius 1 is 0.588 bits per heavy atom. The molecule has 0 amide bonds. The van der Waals surface area contributed by atoms with Crippen molar-refractivity contribution in [2.24, 2.45) is 0 Å². The van der Waals surface area contributed by atoms with Crippen molar-refractivity contribution in [3.63, 3.8) is 0 Å². The third-order valence-electron chi connectivity index (χ3n) is 5.35. The maximum Gasteiger partial charge on any atom is 0.294 e. The van der Waals surface area contributed by atoms with Crippen LogP contribution >= 0.6 is 0 Å². The van der Waals surface area contributed by atoms with Crippen molar-refractivity contribution in [2.75, 3.05) is 4.31 Å². The molecule has 0 aliphatic carbocycles. The predicted octanol–water partition coefficient (Wildman–Crippen LogP) is 5.74. The van der Waals surface area contributed by atoms with Gasteiger partial charge in [0, 0.05) is 0 Å². The van der Waals surface area contributed by atoms with Gasteiger partial charge in [0.25, 0.3) is 20.1 Å². The van der Waals surface area contributed by atoms with Crippen LogP contribution in [0.4, 0.5) is 11.4 Å². The molecule has 34 heavy (non-hydrogen) atoms. The fraction of sp³-hybridized carbons (Fsp3) is 0.0769. The summed E-state index contributed by atoms with van der Waals surface area (Å²) in [4.78, 5) is -0.0868. The molecule has 0 unspecified atom stereocenters. The average Bonchev–Trinajstić information content (AvgIpc) is 2.79. The van der Waals surface area contributed by atoms with E-state index in [9.17, 15) is 16.8 Å². The highest BCUT2D eigenvalue weighted by Gasteiger charge is 2.27. The van der Waals surface area contributed by atoms with Crippen LogP contribution in [0.15, 0.2) is 107 Å². The van der Waals surface area contributed by atoms with Gasteiger partial charge in [0.05, 0.1) is 21.2 Å². The first-order valence-corrected chi connectivity index (χ1v) is 13.3. The molecule has 0 aliphatic heterocycles. The van der Waals surface area contributed by atoms with Gasteiger partial charge in [-0.15, -0.1) is 0 Å². The number of hydrogen-bond donors (Lipinski definition) is 1. The van der Waals surface area contributed by atoms with Gasteiger partial charge in [-0.2, -0.15) is 8.42 Å². The second-order valence-electron chi connectivity index (χ2n) is 7.97. The average molecular weight is 494 g/mol. The van der Waals surface area contributed by atoms with Crippen molar-refractivity contribution in [1.29, 1.82) is 0 Å². The van der Waals surface area contributed by atoms with E-state index >= 15 is 0 Å². The smallest absolute Gasteiger partial charge is 0.282 e. The van der Waals surface area contributed by atoms with E-state index in [1.165, 1.54) is 28.6 Å². The van der Waals surface area contributed by atoms with Gasteiger partial charge in [-0.1, -0.05) is 48.5 Å². The highest BCUT2D eigenvalue weighted by Crippen LogP contribution is 2.34. The number of aryl methyl sites for hydroxylation is 2. The Kier molecular flexibility index (Phi) is 6.31. The molecule has 1 N–H and O–H groups in total. The summed E-state index contributed by atoms with van der Waals surface area (Å²) < 4.78 is 60.6. The molecular weight excluding hydrogens is 470 g/mol. The normalized spacial score (nSPS) is 11.9. The van der Waals surface area contributed by atoms with E-state index in [1.54, 1.807) is 36.4 Å². The van der Waals surface area contributed by atoms with Crippen LogP contribution in [0.3, 0.4) is 0 Å². The molecule has 4 rings (SSSR count). The molecule has 0 radical (unpaired) electrons. The van der Waals surface area contributed by atoms with E-state index in [-0.39, 0.29) is 9.79 Å². The first kappa shape index (κ1) is 23.7. The minimum Gasteiger partial charge on any atom is -0.282 e. The van der Waals surface area contributed by atoms with Gasteiger partial charge >= 0.3 is 0 Å². The molecule has 0 atom stereocenters. The number of benzene rings is 4. The highest BCUT2D eigenvalue weighted by molar-refractivity contribution is 7.93. The fourth-order valence-corrected chi connectivity index (χ4v) is 5.63. The minimum atomic E-state index is -4.28. The summed E-state index contributed by atoms with van der Waals surface area (Å²) >= 11 is 0. The molecule has 0 saturated heterocycles. The second kappa shape index (κ2) is 9.06. The summed E-state index contributed by atoms with van der Waals surface area (Å²) in [5.41, 5.74) is 4.35. The third kappa shape index (κ3) is 4.89. The summed E-state index contributed by atoms with van der Waals surface area (Å²) in [7, 11) is -8.23. The van der Waals surface area contributed by atoms with Crippen LogP contribution in [-0.2, 0) is 20.1 Å². The van der Waals surface area contributed by atoms with Gasteiger partial charge < -0.3 is 0 Å². The number of rotatable bonds is 6. The van der Waals surface area contributed by atoms with Crippen LogP contribution in [-0.4, -0.2) is 21.4 Å². The molecule has 0 heterocycles. The first-order chi connectivity index (χ1) is 16.1. The van der Waals surface area contributed by atoms with Crippen LogP contribution in [0.5, 0.6) is 0 Å². The fourth-order valence-electron chi connectivity index (χ4n) is 3.68. The van der Waals surface area contributed by atoms with Gasteiger partial charge in [-0.25, -0.2) is 12.7 Å². The molecular formula is C26H23NO5S2. The van der Waals surface area contributed by atoms with E-state index in [0.717, 1.165) is 11.1 Å². The number of hydrogen-bond acceptors (Lipinski definition) is 4. The summed E-state index contributed by atoms with van der Waals surface area (Å²) in [5.74, 6) is 0. The zero-order valence-electron chi connectivity index (χ0n) is 18.6. The molecule has 0 spiro atoms. The van der Waals surface area contributed by atoms with Crippen molar-refractivity contribution in [1.82, 2.24) is 0 Å². The molecule has 0 bridgehead atoms. The topological polar surface area (TPSA) is 91.8 Å². The molecule has 4 aromatic rings. The minimum absolute atomic E-state index is 0.119. The van der Waals surface area contributed by atoms with Gasteiger partial charge in [0.2, 0.25) is 0 Å². The van der Waals surface area contributed by atoms with Crippen molar-refractivity contribution in [3.8, 4) is 11.1 Å². The summed E-state index contributed by atoms with van der Waals surface area (Å²) in [6.07, 6.45) is 0. The van der Waals surface area contributed by atoms with Crippen LogP contribution in [0.25, 0.3) is 11.1 Å². The van der Waals surface area contributed by atoms with Gasteiger partial charge in [-0.3, -0.25) is 4.55 Å². The van der Waals surface area contributed by atoms with E-state index in [1.807, 2.05) is 50.2 Å². The zero-order valence-corrected chi connectivity index (χ0v) is 20.2. The maximum atomic E-state index is 13.8. The lowest BCUT2D eigenvalue weighted by molar-refractivity contribution is 0.483. The third-order valence-corrected chi connectivity index (χ3v) is 7.99. The number of sulfonamides is 1. The van der Waals surface area contributed by atoms with Crippen LogP contribution in [0.2, 0.25) is 0 Å². The van der Waals surface area contributed by atoms with Gasteiger partial charge in [0.15, 0.2) is 0 Å². The molecule has 0 aliphatic rings. The molecule has 4 aromatic carbocycles. The van der Waals surface area contributed by atoms with Gasteiger partial charge in [0.1, 0.15) is 0 Å². The van der Waals surface area contributed by atoms with Crippen molar-refractivity contribution in [3.05, 3.63) is 108 Å². The summed E-state index contributed by atoms with van der Waals surface area (Å²) in [6, 6.07) is 26.7. The van der Waals surface area contributed by atoms with Crippen LogP contribution in [0, 0.1) is 13.8 Å². The summed E-state index contributed by atoms with van der Waals surface area (Å²) in [5, 5.41) is 0. The summed E-state index contributed by atoms with van der Waals surface area (Å²) in [6.45, 7) is 3.82. The Hall–Kier alpha value is -3.46. The van der Waals surface area contributed by atoms with E-state index in [4.69, 9.17) is 4.55 Å². The predicted molar refractivity (Wildman–Crippen MR) is 133 cm³/mol. The van der Waals surface area contributed by atoms with E-state index in [0.29, 0.717) is 22.5 Å². The molecule has 0 fully saturated rings. The standard InChI is InChI=1S/C26H23NO5S2/c1-19-5-3-7-23(17-19)27(24-8-4-6-20(2)18-24)33(28,29)25-13-9-21(10-14-25)22-11-15-26(16-12-22)34(30,31)32/h3-18H,1-2H3,(H,30,31,32). The second-order valence-corrected chi connectivity index (χ2v) is 11.2. The van der Waals surface area contributed by atoms with Gasteiger partial charge in [-0.05, 0) is 84.6 Å². The lowest BCUT2D eigenvalue weighted by Gasteiger charge is -2.25. The monoisotopic (exact) mass is 493 g/mol. The van der Waals surface area contributed by atoms with E-state index in [2.05, 4.69) is 0 Å². The molecule has 174 valence electrons. The highest BCUT2D eigenvalue weighted by atomic mass is 32.2. The van der Waals surface area contributed by atoms with Crippen molar-refractivity contribution >= 4 is 31.5 Å². The Balaban J connectivity index is 1.75. The first-order valence-electron chi connectivity index (χ1n) is 10.4. The zero-order chi connectivity index (χ0) is 24.5. The SMILES string of the molecule is Cc1cccc(N(c2cccc(C)c2)S(=O)(=O)c2ccc(-c3ccc(S(=O)(=O)O)cc3)cc2)c1. The Bertz CT molecular complexity index is 1500. The van der Waals surface area contributed by atoms with E-state index < -0.39 is 20.1 Å².